The molecule has 0 aliphatic heterocycles. The lowest BCUT2D eigenvalue weighted by Gasteiger charge is -2.33. The van der Waals surface area contributed by atoms with Gasteiger partial charge in [-0.15, -0.1) is 0 Å². The first-order valence-electron chi connectivity index (χ1n) is 7.30. The van der Waals surface area contributed by atoms with Gasteiger partial charge in [0, 0.05) is 25.6 Å². The molecule has 0 aromatic heterocycles. The van der Waals surface area contributed by atoms with Crippen molar-refractivity contribution in [1.29, 1.82) is 0 Å². The molecule has 1 rings (SSSR count). The molecule has 5 heteroatoms. The zero-order valence-corrected chi connectivity index (χ0v) is 12.0. The summed E-state index contributed by atoms with van der Waals surface area (Å²) in [5.41, 5.74) is 0. The van der Waals surface area contributed by atoms with Gasteiger partial charge in [0.05, 0.1) is 0 Å². The number of hydrogen-bond donors (Lipinski definition) is 2. The van der Waals surface area contributed by atoms with E-state index in [0.717, 1.165) is 12.8 Å². The lowest BCUT2D eigenvalue weighted by Crippen LogP contribution is -2.47. The van der Waals surface area contributed by atoms with Gasteiger partial charge in [0.1, 0.15) is 0 Å². The van der Waals surface area contributed by atoms with Crippen LogP contribution < -0.4 is 5.32 Å². The van der Waals surface area contributed by atoms with E-state index in [2.05, 4.69) is 5.32 Å². The fourth-order valence-corrected chi connectivity index (χ4v) is 2.69. The SMILES string of the molecule is CCN(C(=O)NCC(C)CC(=O)O)C1CCCCC1. The molecule has 0 spiro atoms. The van der Waals surface area contributed by atoms with E-state index >= 15 is 0 Å². The molecule has 0 aromatic carbocycles. The molecule has 5 nitrogen and oxygen atoms in total. The second kappa shape index (κ2) is 8.02. The number of rotatable bonds is 6. The van der Waals surface area contributed by atoms with Crippen LogP contribution in [-0.2, 0) is 4.79 Å². The Morgan fingerprint density at radius 2 is 1.95 bits per heavy atom. The molecule has 19 heavy (non-hydrogen) atoms. The van der Waals surface area contributed by atoms with Gasteiger partial charge < -0.3 is 15.3 Å². The Labute approximate surface area is 115 Å². The number of carbonyl (C=O) groups is 2. The number of hydrogen-bond acceptors (Lipinski definition) is 2. The second-order valence-corrected chi connectivity index (χ2v) is 5.47. The van der Waals surface area contributed by atoms with E-state index in [1.807, 2.05) is 18.7 Å². The summed E-state index contributed by atoms with van der Waals surface area (Å²) in [5, 5.41) is 11.5. The number of amides is 2. The van der Waals surface area contributed by atoms with E-state index in [-0.39, 0.29) is 18.4 Å². The Bertz CT molecular complexity index is 301. The van der Waals surface area contributed by atoms with Crippen molar-refractivity contribution >= 4 is 12.0 Å². The van der Waals surface area contributed by atoms with Gasteiger partial charge in [-0.3, -0.25) is 4.79 Å². The van der Waals surface area contributed by atoms with Crippen molar-refractivity contribution in [2.75, 3.05) is 13.1 Å². The number of aliphatic carboxylic acids is 1. The summed E-state index contributed by atoms with van der Waals surface area (Å²) >= 11 is 0. The molecule has 0 bridgehead atoms. The van der Waals surface area contributed by atoms with Crippen LogP contribution in [0.25, 0.3) is 0 Å². The first kappa shape index (κ1) is 15.8. The first-order chi connectivity index (χ1) is 9.04. The average Bonchev–Trinajstić information content (AvgIpc) is 2.38. The van der Waals surface area contributed by atoms with Gasteiger partial charge in [-0.2, -0.15) is 0 Å². The van der Waals surface area contributed by atoms with Crippen molar-refractivity contribution in [3.05, 3.63) is 0 Å². The molecule has 0 heterocycles. The molecule has 1 saturated carbocycles. The number of carboxylic acids is 1. The van der Waals surface area contributed by atoms with Gasteiger partial charge in [-0.05, 0) is 25.7 Å². The van der Waals surface area contributed by atoms with E-state index in [9.17, 15) is 9.59 Å². The Morgan fingerprint density at radius 3 is 2.47 bits per heavy atom. The molecule has 110 valence electrons. The van der Waals surface area contributed by atoms with Crippen LogP contribution >= 0.6 is 0 Å². The molecule has 0 aromatic rings. The summed E-state index contributed by atoms with van der Waals surface area (Å²) < 4.78 is 0. The van der Waals surface area contributed by atoms with E-state index in [1.165, 1.54) is 19.3 Å². The molecule has 2 amide bonds. The van der Waals surface area contributed by atoms with Crippen LogP contribution in [0, 0.1) is 5.92 Å². The Balaban J connectivity index is 2.38. The van der Waals surface area contributed by atoms with E-state index in [1.54, 1.807) is 0 Å². The van der Waals surface area contributed by atoms with Crippen LogP contribution in [0.2, 0.25) is 0 Å². The zero-order chi connectivity index (χ0) is 14.3. The van der Waals surface area contributed by atoms with Crippen molar-refractivity contribution < 1.29 is 14.7 Å². The summed E-state index contributed by atoms with van der Waals surface area (Å²) in [5.74, 6) is -0.854. The number of nitrogens with zero attached hydrogens (tertiary/aromatic N) is 1. The highest BCUT2D eigenvalue weighted by Gasteiger charge is 2.24. The summed E-state index contributed by atoms with van der Waals surface area (Å²) in [6, 6.07) is 0.306. The Morgan fingerprint density at radius 1 is 1.32 bits per heavy atom. The predicted octanol–water partition coefficient (Wildman–Crippen LogP) is 2.46. The normalized spacial score (nSPS) is 17.8. The summed E-state index contributed by atoms with van der Waals surface area (Å²) in [7, 11) is 0. The predicted molar refractivity (Wildman–Crippen MR) is 74.1 cm³/mol. The highest BCUT2D eigenvalue weighted by Crippen LogP contribution is 2.22. The minimum absolute atomic E-state index is 0.0356. The topological polar surface area (TPSA) is 69.6 Å². The maximum Gasteiger partial charge on any atom is 0.317 e. The largest absolute Gasteiger partial charge is 0.481 e. The summed E-state index contributed by atoms with van der Waals surface area (Å²) in [4.78, 5) is 24.6. The standard InChI is InChI=1S/C14H26N2O3/c1-3-16(12-7-5-4-6-8-12)14(19)15-10-11(2)9-13(17)18/h11-12H,3-10H2,1-2H3,(H,15,19)(H,17,18). The van der Waals surface area contributed by atoms with Crippen molar-refractivity contribution in [2.45, 2.75) is 58.4 Å². The van der Waals surface area contributed by atoms with Crippen LogP contribution in [0.4, 0.5) is 4.79 Å². The van der Waals surface area contributed by atoms with Gasteiger partial charge in [-0.25, -0.2) is 4.79 Å². The van der Waals surface area contributed by atoms with Gasteiger partial charge in [0.15, 0.2) is 0 Å². The minimum Gasteiger partial charge on any atom is -0.481 e. The monoisotopic (exact) mass is 270 g/mol. The van der Waals surface area contributed by atoms with E-state index in [0.29, 0.717) is 19.1 Å². The molecule has 1 aliphatic carbocycles. The van der Waals surface area contributed by atoms with Crippen molar-refractivity contribution in [3.63, 3.8) is 0 Å². The van der Waals surface area contributed by atoms with E-state index < -0.39 is 5.97 Å². The Kier molecular flexibility index (Phi) is 6.67. The van der Waals surface area contributed by atoms with Crippen LogP contribution in [0.5, 0.6) is 0 Å². The van der Waals surface area contributed by atoms with Crippen molar-refractivity contribution in [2.24, 2.45) is 5.92 Å². The maximum atomic E-state index is 12.1. The minimum atomic E-state index is -0.818. The van der Waals surface area contributed by atoms with Crippen LogP contribution in [0.1, 0.15) is 52.4 Å². The molecule has 1 unspecified atom stereocenters. The molecule has 0 saturated heterocycles. The maximum absolute atomic E-state index is 12.1. The molecule has 2 N–H and O–H groups in total. The lowest BCUT2D eigenvalue weighted by atomic mass is 9.94. The van der Waals surface area contributed by atoms with Gasteiger partial charge in [0.25, 0.3) is 0 Å². The average molecular weight is 270 g/mol. The lowest BCUT2D eigenvalue weighted by molar-refractivity contribution is -0.137. The fourth-order valence-electron chi connectivity index (χ4n) is 2.69. The molecule has 1 aliphatic rings. The third-order valence-corrected chi connectivity index (χ3v) is 3.74. The number of nitrogens with one attached hydrogen (secondary N) is 1. The molecular formula is C14H26N2O3. The summed E-state index contributed by atoms with van der Waals surface area (Å²) in [6.07, 6.45) is 5.94. The van der Waals surface area contributed by atoms with Gasteiger partial charge in [-0.1, -0.05) is 26.2 Å². The third-order valence-electron chi connectivity index (χ3n) is 3.74. The highest BCUT2D eigenvalue weighted by molar-refractivity contribution is 5.74. The molecule has 1 fully saturated rings. The van der Waals surface area contributed by atoms with Gasteiger partial charge >= 0.3 is 12.0 Å². The third kappa shape index (κ3) is 5.49. The van der Waals surface area contributed by atoms with Gasteiger partial charge in [0.2, 0.25) is 0 Å². The van der Waals surface area contributed by atoms with Crippen LogP contribution in [0.15, 0.2) is 0 Å². The van der Waals surface area contributed by atoms with E-state index in [4.69, 9.17) is 5.11 Å². The Hall–Kier alpha value is -1.26. The second-order valence-electron chi connectivity index (χ2n) is 5.47. The highest BCUT2D eigenvalue weighted by atomic mass is 16.4. The first-order valence-corrected chi connectivity index (χ1v) is 7.30. The van der Waals surface area contributed by atoms with Crippen molar-refractivity contribution in [1.82, 2.24) is 10.2 Å². The number of carboxylic acid groups (broad SMARTS) is 1. The van der Waals surface area contributed by atoms with Crippen LogP contribution in [0.3, 0.4) is 0 Å². The molecule has 1 atom stereocenters. The smallest absolute Gasteiger partial charge is 0.317 e. The zero-order valence-electron chi connectivity index (χ0n) is 12.0. The quantitative estimate of drug-likeness (QED) is 0.779. The summed E-state index contributed by atoms with van der Waals surface area (Å²) in [6.45, 7) is 4.97. The van der Waals surface area contributed by atoms with Crippen LogP contribution in [-0.4, -0.2) is 41.1 Å². The molecular weight excluding hydrogens is 244 g/mol. The van der Waals surface area contributed by atoms with Crippen molar-refractivity contribution in [3.8, 4) is 0 Å². The fraction of sp³-hybridized carbons (Fsp3) is 0.857. The number of urea groups is 1. The number of carbonyl (C=O) groups excluding carboxylic acids is 1. The molecule has 0 radical (unpaired) electrons.